The highest BCUT2D eigenvalue weighted by molar-refractivity contribution is 5.58. The van der Waals surface area contributed by atoms with Gasteiger partial charge in [-0.25, -0.2) is 0 Å². The number of benzene rings is 1. The lowest BCUT2D eigenvalue weighted by Gasteiger charge is -2.31. The number of nitrogens with zero attached hydrogens (tertiary/aromatic N) is 4. The van der Waals surface area contributed by atoms with Crippen LogP contribution in [0.5, 0.6) is 0 Å². The number of H-pyrrole nitrogens is 1. The molecule has 0 spiro atoms. The van der Waals surface area contributed by atoms with Crippen LogP contribution >= 0.6 is 0 Å². The lowest BCUT2D eigenvalue weighted by atomic mass is 9.93. The predicted molar refractivity (Wildman–Crippen MR) is 94.5 cm³/mol. The third kappa shape index (κ3) is 3.12. The molecule has 5 heteroatoms. The standard InChI is InChI=1S/C19H23N5/c1-23-19(7-10-20-23)16-8-11-24(12-9-16)14-17-13-18(22-21-17)15-5-3-2-4-6-15/h2-7,10,13,16H,8-9,11-12,14H2,1H3,(H,21,22). The van der Waals surface area contributed by atoms with Gasteiger partial charge in [0.25, 0.3) is 0 Å². The molecule has 0 bridgehead atoms. The average molecular weight is 321 g/mol. The summed E-state index contributed by atoms with van der Waals surface area (Å²) in [6.07, 6.45) is 4.29. The van der Waals surface area contributed by atoms with Crippen LogP contribution in [0, 0.1) is 0 Å². The topological polar surface area (TPSA) is 49.7 Å². The van der Waals surface area contributed by atoms with E-state index in [9.17, 15) is 0 Å². The summed E-state index contributed by atoms with van der Waals surface area (Å²) in [5, 5.41) is 11.9. The van der Waals surface area contributed by atoms with Crippen LogP contribution in [0.3, 0.4) is 0 Å². The number of piperidine rings is 1. The predicted octanol–water partition coefficient (Wildman–Crippen LogP) is 3.19. The second-order valence-corrected chi connectivity index (χ2v) is 6.57. The van der Waals surface area contributed by atoms with E-state index < -0.39 is 0 Å². The van der Waals surface area contributed by atoms with Crippen molar-refractivity contribution < 1.29 is 0 Å². The Kier molecular flexibility index (Phi) is 4.17. The molecule has 1 aliphatic heterocycles. The van der Waals surface area contributed by atoms with Crippen LogP contribution in [0.25, 0.3) is 11.3 Å². The number of rotatable bonds is 4. The van der Waals surface area contributed by atoms with Crippen molar-refractivity contribution in [2.24, 2.45) is 7.05 Å². The van der Waals surface area contributed by atoms with Gasteiger partial charge in [-0.1, -0.05) is 30.3 Å². The number of aromatic nitrogens is 4. The summed E-state index contributed by atoms with van der Waals surface area (Å²) in [4.78, 5) is 2.51. The Labute approximate surface area is 142 Å². The van der Waals surface area contributed by atoms with E-state index in [-0.39, 0.29) is 0 Å². The van der Waals surface area contributed by atoms with E-state index in [1.807, 2.05) is 36.1 Å². The Morgan fingerprint density at radius 1 is 1.12 bits per heavy atom. The summed E-state index contributed by atoms with van der Waals surface area (Å²) < 4.78 is 2.02. The van der Waals surface area contributed by atoms with Gasteiger partial charge in [-0.05, 0) is 38.1 Å². The molecule has 1 N–H and O–H groups in total. The Hall–Kier alpha value is -2.40. The van der Waals surface area contributed by atoms with Crippen molar-refractivity contribution in [2.75, 3.05) is 13.1 Å². The smallest absolute Gasteiger partial charge is 0.0924 e. The van der Waals surface area contributed by atoms with E-state index in [0.29, 0.717) is 5.92 Å². The number of aryl methyl sites for hydroxylation is 1. The fraction of sp³-hybridized carbons (Fsp3) is 0.368. The molecule has 3 heterocycles. The number of hydrogen-bond acceptors (Lipinski definition) is 3. The van der Waals surface area contributed by atoms with Crippen LogP contribution in [-0.4, -0.2) is 38.0 Å². The molecule has 0 aliphatic carbocycles. The van der Waals surface area contributed by atoms with Gasteiger partial charge in [-0.3, -0.25) is 14.7 Å². The summed E-state index contributed by atoms with van der Waals surface area (Å²) in [5.74, 6) is 0.635. The van der Waals surface area contributed by atoms with Gasteiger partial charge in [0.2, 0.25) is 0 Å². The minimum atomic E-state index is 0.635. The fourth-order valence-corrected chi connectivity index (χ4v) is 3.61. The highest BCUT2D eigenvalue weighted by Crippen LogP contribution is 2.28. The molecule has 4 rings (SSSR count). The van der Waals surface area contributed by atoms with Crippen LogP contribution in [0.2, 0.25) is 0 Å². The third-order valence-electron chi connectivity index (χ3n) is 4.96. The van der Waals surface area contributed by atoms with Crippen molar-refractivity contribution in [1.29, 1.82) is 0 Å². The molecule has 0 radical (unpaired) electrons. The van der Waals surface area contributed by atoms with Crippen molar-refractivity contribution in [3.05, 3.63) is 60.0 Å². The maximum atomic E-state index is 4.46. The Morgan fingerprint density at radius 2 is 1.92 bits per heavy atom. The summed E-state index contributed by atoms with van der Waals surface area (Å²) >= 11 is 0. The van der Waals surface area contributed by atoms with Crippen LogP contribution in [0.4, 0.5) is 0 Å². The number of hydrogen-bond donors (Lipinski definition) is 1. The quantitative estimate of drug-likeness (QED) is 0.803. The van der Waals surface area contributed by atoms with Crippen LogP contribution < -0.4 is 0 Å². The van der Waals surface area contributed by atoms with Crippen molar-refractivity contribution in [1.82, 2.24) is 24.9 Å². The van der Waals surface area contributed by atoms with Gasteiger partial charge < -0.3 is 0 Å². The van der Waals surface area contributed by atoms with Gasteiger partial charge in [-0.15, -0.1) is 0 Å². The normalized spacial score (nSPS) is 16.5. The van der Waals surface area contributed by atoms with Crippen LogP contribution in [-0.2, 0) is 13.6 Å². The lowest BCUT2D eigenvalue weighted by Crippen LogP contribution is -2.33. The summed E-state index contributed by atoms with van der Waals surface area (Å²) in [6.45, 7) is 3.18. The molecule has 0 unspecified atom stereocenters. The first-order valence-electron chi connectivity index (χ1n) is 8.59. The first-order valence-corrected chi connectivity index (χ1v) is 8.59. The first kappa shape index (κ1) is 15.1. The first-order chi connectivity index (χ1) is 11.8. The zero-order valence-corrected chi connectivity index (χ0v) is 14.0. The summed E-state index contributed by atoms with van der Waals surface area (Å²) in [5.41, 5.74) is 4.74. The molecule has 1 saturated heterocycles. The molecule has 5 nitrogen and oxygen atoms in total. The van der Waals surface area contributed by atoms with E-state index in [2.05, 4.69) is 44.5 Å². The average Bonchev–Trinajstić information content (AvgIpc) is 3.26. The molecule has 124 valence electrons. The van der Waals surface area contributed by atoms with E-state index >= 15 is 0 Å². The molecule has 0 saturated carbocycles. The van der Waals surface area contributed by atoms with E-state index in [1.54, 1.807) is 0 Å². The minimum Gasteiger partial charge on any atom is -0.297 e. The Morgan fingerprint density at radius 3 is 2.62 bits per heavy atom. The maximum Gasteiger partial charge on any atom is 0.0924 e. The molecule has 1 aromatic carbocycles. The van der Waals surface area contributed by atoms with E-state index in [1.165, 1.54) is 24.2 Å². The number of aromatic amines is 1. The molecular weight excluding hydrogens is 298 g/mol. The van der Waals surface area contributed by atoms with Gasteiger partial charge in [0.05, 0.1) is 5.69 Å². The van der Waals surface area contributed by atoms with Gasteiger partial charge in [0, 0.05) is 42.7 Å². The second-order valence-electron chi connectivity index (χ2n) is 6.57. The molecular formula is C19H23N5. The van der Waals surface area contributed by atoms with Gasteiger partial charge in [0.1, 0.15) is 0 Å². The number of likely N-dealkylation sites (tertiary alicyclic amines) is 1. The third-order valence-corrected chi connectivity index (χ3v) is 4.96. The van der Waals surface area contributed by atoms with Crippen LogP contribution in [0.15, 0.2) is 48.7 Å². The van der Waals surface area contributed by atoms with Crippen molar-refractivity contribution >= 4 is 0 Å². The van der Waals surface area contributed by atoms with Crippen LogP contribution in [0.1, 0.15) is 30.1 Å². The monoisotopic (exact) mass is 321 g/mol. The maximum absolute atomic E-state index is 4.46. The highest BCUT2D eigenvalue weighted by Gasteiger charge is 2.22. The van der Waals surface area contributed by atoms with Crippen molar-refractivity contribution in [3.8, 4) is 11.3 Å². The summed E-state index contributed by atoms with van der Waals surface area (Å²) in [6, 6.07) is 14.6. The second kappa shape index (κ2) is 6.61. The Balaban J connectivity index is 1.36. The van der Waals surface area contributed by atoms with E-state index in [0.717, 1.165) is 30.9 Å². The lowest BCUT2D eigenvalue weighted by molar-refractivity contribution is 0.199. The van der Waals surface area contributed by atoms with Gasteiger partial charge in [0.15, 0.2) is 0 Å². The molecule has 1 aliphatic rings. The van der Waals surface area contributed by atoms with Gasteiger partial charge >= 0.3 is 0 Å². The highest BCUT2D eigenvalue weighted by atomic mass is 15.3. The van der Waals surface area contributed by atoms with Gasteiger partial charge in [-0.2, -0.15) is 10.2 Å². The molecule has 24 heavy (non-hydrogen) atoms. The zero-order chi connectivity index (χ0) is 16.4. The molecule has 3 aromatic rings. The van der Waals surface area contributed by atoms with Crippen molar-refractivity contribution in [3.63, 3.8) is 0 Å². The van der Waals surface area contributed by atoms with E-state index in [4.69, 9.17) is 0 Å². The molecule has 2 aromatic heterocycles. The Bertz CT molecular complexity index is 781. The largest absolute Gasteiger partial charge is 0.297 e. The zero-order valence-electron chi connectivity index (χ0n) is 14.0. The SMILES string of the molecule is Cn1nccc1C1CCN(Cc2cc(-c3ccccc3)n[nH]2)CC1. The minimum absolute atomic E-state index is 0.635. The number of nitrogens with one attached hydrogen (secondary N) is 1. The fourth-order valence-electron chi connectivity index (χ4n) is 3.61. The molecule has 0 atom stereocenters. The summed E-state index contributed by atoms with van der Waals surface area (Å²) in [7, 11) is 2.04. The molecule has 0 amide bonds. The van der Waals surface area contributed by atoms with Crippen molar-refractivity contribution in [2.45, 2.75) is 25.3 Å². The molecule has 1 fully saturated rings.